The number of carbonyl (C=O) groups is 2. The molecule has 0 aliphatic heterocycles. The molecule has 5 heteroatoms. The van der Waals surface area contributed by atoms with Gasteiger partial charge in [0.15, 0.2) is 0 Å². The first-order valence-electron chi connectivity index (χ1n) is 19.5. The van der Waals surface area contributed by atoms with E-state index in [1.54, 1.807) is 0 Å². The Morgan fingerprint density at radius 1 is 0.432 bits per heavy atom. The molecule has 0 rings (SSSR count). The van der Waals surface area contributed by atoms with Crippen LogP contribution in [0.2, 0.25) is 0 Å². The molecule has 0 aromatic carbocycles. The lowest BCUT2D eigenvalue weighted by Gasteiger charge is -2.15. The van der Waals surface area contributed by atoms with Gasteiger partial charge in [-0.15, -0.1) is 0 Å². The summed E-state index contributed by atoms with van der Waals surface area (Å²) in [5.74, 6) is -0.355. The van der Waals surface area contributed by atoms with Gasteiger partial charge < -0.3 is 9.47 Å². The van der Waals surface area contributed by atoms with Crippen LogP contribution in [0.5, 0.6) is 0 Å². The second-order valence-corrected chi connectivity index (χ2v) is 14.0. The maximum atomic E-state index is 12.2. The molecule has 0 N–H and O–H groups in total. The van der Waals surface area contributed by atoms with Crippen molar-refractivity contribution >= 4 is 27.9 Å². The van der Waals surface area contributed by atoms with E-state index in [1.165, 1.54) is 167 Å². The van der Waals surface area contributed by atoms with Crippen LogP contribution in [0.4, 0.5) is 0 Å². The van der Waals surface area contributed by atoms with Crippen molar-refractivity contribution < 1.29 is 19.1 Å². The van der Waals surface area contributed by atoms with Crippen LogP contribution in [0.1, 0.15) is 219 Å². The molecule has 0 fully saturated rings. The normalized spacial score (nSPS) is 12.0. The number of carbonyl (C=O) groups excluding carboxylic acids is 2. The number of hydrogen-bond acceptors (Lipinski definition) is 4. The van der Waals surface area contributed by atoms with Crippen LogP contribution in [0.15, 0.2) is 0 Å². The van der Waals surface area contributed by atoms with Crippen LogP contribution >= 0.6 is 15.9 Å². The molecule has 4 nitrogen and oxygen atoms in total. The summed E-state index contributed by atoms with van der Waals surface area (Å²) in [6.45, 7) is 4.70. The predicted octanol–water partition coefficient (Wildman–Crippen LogP) is 13.4. The number of rotatable bonds is 36. The van der Waals surface area contributed by atoms with Crippen LogP contribution in [0, 0.1) is 0 Å². The van der Waals surface area contributed by atoms with E-state index in [1.807, 2.05) is 0 Å². The van der Waals surface area contributed by atoms with Crippen molar-refractivity contribution in [3.63, 3.8) is 0 Å². The van der Waals surface area contributed by atoms with Gasteiger partial charge >= 0.3 is 11.9 Å². The summed E-state index contributed by atoms with van der Waals surface area (Å²) in [4.78, 5) is 24.4. The quantitative estimate of drug-likeness (QED) is 0.0374. The van der Waals surface area contributed by atoms with Gasteiger partial charge in [0.2, 0.25) is 0 Å². The summed E-state index contributed by atoms with van der Waals surface area (Å²) in [5, 5.41) is 0.490. The number of hydrogen-bond donors (Lipinski definition) is 0. The van der Waals surface area contributed by atoms with Gasteiger partial charge in [-0.2, -0.15) is 0 Å². The van der Waals surface area contributed by atoms with Crippen LogP contribution in [0.25, 0.3) is 0 Å². The molecule has 0 aromatic rings. The smallest absolute Gasteiger partial charge is 0.306 e. The first-order valence-corrected chi connectivity index (χ1v) is 20.7. The summed E-state index contributed by atoms with van der Waals surface area (Å²) in [5.41, 5.74) is 0. The van der Waals surface area contributed by atoms with E-state index in [-0.39, 0.29) is 18.5 Å². The molecule has 0 aromatic heterocycles. The maximum Gasteiger partial charge on any atom is 0.306 e. The summed E-state index contributed by atoms with van der Waals surface area (Å²) >= 11 is 3.40. The Labute approximate surface area is 283 Å². The lowest BCUT2D eigenvalue weighted by molar-refractivity contribution is -0.157. The molecule has 1 atom stereocenters. The summed E-state index contributed by atoms with van der Waals surface area (Å²) < 4.78 is 10.9. The van der Waals surface area contributed by atoms with Crippen molar-refractivity contribution in [2.45, 2.75) is 225 Å². The van der Waals surface area contributed by atoms with Crippen LogP contribution < -0.4 is 0 Å². The van der Waals surface area contributed by atoms with Crippen molar-refractivity contribution in [3.8, 4) is 0 Å². The van der Waals surface area contributed by atoms with Crippen molar-refractivity contribution in [1.29, 1.82) is 0 Å². The zero-order valence-corrected chi connectivity index (χ0v) is 31.2. The fourth-order valence-electron chi connectivity index (χ4n) is 5.89. The molecule has 0 unspecified atom stereocenters. The minimum absolute atomic E-state index is 0.146. The average Bonchev–Trinajstić information content (AvgIpc) is 3.02. The number of esters is 2. The number of alkyl halides is 1. The first kappa shape index (κ1) is 43.4. The highest BCUT2D eigenvalue weighted by molar-refractivity contribution is 9.09. The van der Waals surface area contributed by atoms with E-state index in [9.17, 15) is 9.59 Å². The second kappa shape index (κ2) is 36.9. The molecule has 0 aliphatic carbocycles. The fraction of sp³-hybridized carbons (Fsp3) is 0.949. The molecule has 262 valence electrons. The summed E-state index contributed by atoms with van der Waals surface area (Å²) in [7, 11) is 0. The molecule has 0 spiro atoms. The van der Waals surface area contributed by atoms with E-state index in [0.717, 1.165) is 25.7 Å². The van der Waals surface area contributed by atoms with Gasteiger partial charge in [-0.25, -0.2) is 0 Å². The molecule has 0 saturated heterocycles. The van der Waals surface area contributed by atoms with Gasteiger partial charge in [-0.05, 0) is 12.8 Å². The largest absolute Gasteiger partial charge is 0.462 e. The van der Waals surface area contributed by atoms with Crippen molar-refractivity contribution in [2.75, 3.05) is 11.9 Å². The average molecular weight is 688 g/mol. The molecule has 0 bridgehead atoms. The van der Waals surface area contributed by atoms with Crippen LogP contribution in [-0.4, -0.2) is 30.0 Å². The minimum atomic E-state index is -0.399. The Bertz CT molecular complexity index is 597. The Hall–Kier alpha value is -0.580. The monoisotopic (exact) mass is 686 g/mol. The highest BCUT2D eigenvalue weighted by Gasteiger charge is 2.15. The predicted molar refractivity (Wildman–Crippen MR) is 194 cm³/mol. The van der Waals surface area contributed by atoms with E-state index in [4.69, 9.17) is 9.47 Å². The fourth-order valence-corrected chi connectivity index (χ4v) is 6.21. The zero-order chi connectivity index (χ0) is 32.2. The lowest BCUT2D eigenvalue weighted by Crippen LogP contribution is -2.26. The minimum Gasteiger partial charge on any atom is -0.462 e. The zero-order valence-electron chi connectivity index (χ0n) is 29.6. The topological polar surface area (TPSA) is 52.6 Å². The second-order valence-electron chi connectivity index (χ2n) is 13.3. The van der Waals surface area contributed by atoms with Gasteiger partial charge in [-0.1, -0.05) is 210 Å². The third-order valence-electron chi connectivity index (χ3n) is 8.87. The van der Waals surface area contributed by atoms with Crippen molar-refractivity contribution in [2.24, 2.45) is 0 Å². The number of ether oxygens (including phenoxy) is 2. The number of halogens is 1. The Morgan fingerprint density at radius 3 is 1.00 bits per heavy atom. The van der Waals surface area contributed by atoms with Crippen LogP contribution in [0.3, 0.4) is 0 Å². The van der Waals surface area contributed by atoms with Gasteiger partial charge in [0.1, 0.15) is 12.7 Å². The Kier molecular flexibility index (Phi) is 36.4. The van der Waals surface area contributed by atoms with E-state index < -0.39 is 6.10 Å². The SMILES string of the molecule is CCCCCCCCCCCCCCCCCC(=O)OC[C@H](CBr)OC(=O)CCCCCCCCCCCCCCCCC. The summed E-state index contributed by atoms with van der Waals surface area (Å²) in [6, 6.07) is 0. The molecule has 0 radical (unpaired) electrons. The first-order chi connectivity index (χ1) is 21.6. The van der Waals surface area contributed by atoms with E-state index in [2.05, 4.69) is 29.8 Å². The summed E-state index contributed by atoms with van der Waals surface area (Å²) in [6.07, 6.45) is 39.9. The standard InChI is InChI=1S/C39H75BrO4/c1-3-5-7-9-11-13-15-17-19-21-23-25-27-29-31-33-38(41)43-36-37(35-40)44-39(42)34-32-30-28-26-24-22-20-18-16-14-12-10-8-6-4-2/h37H,3-36H2,1-2H3/t37-/m0/s1. The van der Waals surface area contributed by atoms with Crippen molar-refractivity contribution in [1.82, 2.24) is 0 Å². The lowest BCUT2D eigenvalue weighted by atomic mass is 10.0. The van der Waals surface area contributed by atoms with Gasteiger partial charge in [-0.3, -0.25) is 9.59 Å². The third kappa shape index (κ3) is 34.3. The van der Waals surface area contributed by atoms with Crippen LogP contribution in [-0.2, 0) is 19.1 Å². The van der Waals surface area contributed by atoms with Gasteiger partial charge in [0.25, 0.3) is 0 Å². The highest BCUT2D eigenvalue weighted by Crippen LogP contribution is 2.16. The van der Waals surface area contributed by atoms with E-state index >= 15 is 0 Å². The highest BCUT2D eigenvalue weighted by atomic mass is 79.9. The van der Waals surface area contributed by atoms with E-state index in [0.29, 0.717) is 18.2 Å². The van der Waals surface area contributed by atoms with Crippen molar-refractivity contribution in [3.05, 3.63) is 0 Å². The Morgan fingerprint density at radius 2 is 0.705 bits per heavy atom. The maximum absolute atomic E-state index is 12.2. The third-order valence-corrected chi connectivity index (χ3v) is 9.59. The van der Waals surface area contributed by atoms with Gasteiger partial charge in [0, 0.05) is 18.2 Å². The molecular weight excluding hydrogens is 612 g/mol. The van der Waals surface area contributed by atoms with Gasteiger partial charge in [0.05, 0.1) is 0 Å². The molecule has 0 amide bonds. The molecule has 0 heterocycles. The molecule has 0 saturated carbocycles. The molecule has 0 aliphatic rings. The molecule has 44 heavy (non-hydrogen) atoms. The molecular formula is C39H75BrO4. The number of unbranched alkanes of at least 4 members (excludes halogenated alkanes) is 28. The Balaban J connectivity index is 3.49.